The van der Waals surface area contributed by atoms with Gasteiger partial charge >= 0.3 is 0 Å². The van der Waals surface area contributed by atoms with Gasteiger partial charge in [0, 0.05) is 30.6 Å². The monoisotopic (exact) mass is 348 g/mol. The summed E-state index contributed by atoms with van der Waals surface area (Å²) in [6.07, 6.45) is 4.85. The number of nitrogens with one attached hydrogen (secondary N) is 1. The molecule has 0 radical (unpaired) electrons. The molecule has 6 heteroatoms. The molecule has 0 aromatic heterocycles. The van der Waals surface area contributed by atoms with Crippen molar-refractivity contribution >= 4 is 5.91 Å². The van der Waals surface area contributed by atoms with Crippen molar-refractivity contribution in [1.82, 2.24) is 10.2 Å². The van der Waals surface area contributed by atoms with Crippen LogP contribution in [-0.2, 0) is 22.6 Å². The largest absolute Gasteiger partial charge is 0.467 e. The Kier molecular flexibility index (Phi) is 4.90. The molecule has 1 aliphatic carbocycles. The van der Waals surface area contributed by atoms with Gasteiger partial charge in [-0.3, -0.25) is 4.79 Å². The highest BCUT2D eigenvalue weighted by Gasteiger charge is 2.34. The van der Waals surface area contributed by atoms with Crippen molar-refractivity contribution < 1.29 is 18.7 Å². The third-order valence-corrected chi connectivity index (χ3v) is 5.31. The van der Waals surface area contributed by atoms with E-state index >= 15 is 0 Å². The number of nitrogens with zero attached hydrogens (tertiary/aromatic N) is 1. The molecule has 3 aliphatic rings. The summed E-state index contributed by atoms with van der Waals surface area (Å²) in [4.78, 5) is 14.1. The number of hydrogen-bond acceptors (Lipinski definition) is 4. The van der Waals surface area contributed by atoms with Crippen LogP contribution in [0, 0.1) is 11.7 Å². The number of benzene rings is 1. The number of hydrogen-bond donors (Lipinski definition) is 1. The van der Waals surface area contributed by atoms with Crippen LogP contribution in [0.5, 0.6) is 5.75 Å². The zero-order chi connectivity index (χ0) is 17.2. The topological polar surface area (TPSA) is 50.8 Å². The Hall–Kier alpha value is -1.66. The van der Waals surface area contributed by atoms with Gasteiger partial charge in [0.2, 0.25) is 5.91 Å². The molecule has 1 aromatic rings. The van der Waals surface area contributed by atoms with E-state index in [4.69, 9.17) is 9.47 Å². The Morgan fingerprint density at radius 1 is 1.24 bits per heavy atom. The first-order valence-corrected chi connectivity index (χ1v) is 9.25. The molecule has 1 saturated heterocycles. The van der Waals surface area contributed by atoms with Crippen LogP contribution >= 0.6 is 0 Å². The van der Waals surface area contributed by atoms with Crippen LogP contribution < -0.4 is 10.1 Å². The molecule has 2 fully saturated rings. The molecule has 1 amide bonds. The maximum Gasteiger partial charge on any atom is 0.225 e. The molecular formula is C19H25FN2O3. The second-order valence-corrected chi connectivity index (χ2v) is 7.24. The maximum absolute atomic E-state index is 13.8. The van der Waals surface area contributed by atoms with Crippen LogP contribution in [0.25, 0.3) is 0 Å². The van der Waals surface area contributed by atoms with Crippen LogP contribution in [-0.4, -0.2) is 43.3 Å². The molecule has 1 N–H and O–H groups in total. The summed E-state index contributed by atoms with van der Waals surface area (Å²) >= 11 is 0. The van der Waals surface area contributed by atoms with E-state index in [1.807, 2.05) is 4.90 Å². The highest BCUT2D eigenvalue weighted by atomic mass is 19.1. The van der Waals surface area contributed by atoms with Crippen molar-refractivity contribution in [2.75, 3.05) is 26.4 Å². The molecule has 0 atom stereocenters. The van der Waals surface area contributed by atoms with Crippen molar-refractivity contribution in [1.29, 1.82) is 0 Å². The van der Waals surface area contributed by atoms with E-state index in [1.54, 1.807) is 6.07 Å². The molecule has 4 rings (SSSR count). The lowest BCUT2D eigenvalue weighted by atomic mass is 10.0. The first-order valence-electron chi connectivity index (χ1n) is 9.25. The number of carbonyl (C=O) groups excluding carboxylic acids is 1. The fourth-order valence-electron chi connectivity index (χ4n) is 3.75. The minimum Gasteiger partial charge on any atom is -0.467 e. The van der Waals surface area contributed by atoms with Gasteiger partial charge in [0.1, 0.15) is 11.6 Å². The zero-order valence-corrected chi connectivity index (χ0v) is 14.4. The summed E-state index contributed by atoms with van der Waals surface area (Å²) < 4.78 is 24.5. The molecule has 1 aromatic carbocycles. The Morgan fingerprint density at radius 2 is 2.04 bits per heavy atom. The number of carbonyl (C=O) groups is 1. The van der Waals surface area contributed by atoms with E-state index < -0.39 is 0 Å². The van der Waals surface area contributed by atoms with Crippen LogP contribution in [0.15, 0.2) is 12.1 Å². The predicted octanol–water partition coefficient (Wildman–Crippen LogP) is 2.23. The number of halogens is 1. The van der Waals surface area contributed by atoms with Crippen molar-refractivity contribution in [2.24, 2.45) is 5.92 Å². The van der Waals surface area contributed by atoms with Gasteiger partial charge in [-0.05, 0) is 56.3 Å². The Morgan fingerprint density at radius 3 is 2.80 bits per heavy atom. The Labute approximate surface area is 147 Å². The van der Waals surface area contributed by atoms with Crippen molar-refractivity contribution in [3.05, 3.63) is 29.1 Å². The van der Waals surface area contributed by atoms with E-state index in [2.05, 4.69) is 5.32 Å². The number of likely N-dealkylation sites (tertiary alicyclic amines) is 1. The van der Waals surface area contributed by atoms with E-state index in [1.165, 1.54) is 6.07 Å². The van der Waals surface area contributed by atoms with Crippen LogP contribution in [0.3, 0.4) is 0 Å². The normalized spacial score (nSPS) is 20.9. The highest BCUT2D eigenvalue weighted by Crippen LogP contribution is 2.32. The second-order valence-electron chi connectivity index (χ2n) is 7.24. The molecule has 25 heavy (non-hydrogen) atoms. The van der Waals surface area contributed by atoms with Crippen molar-refractivity contribution in [3.8, 4) is 5.75 Å². The third kappa shape index (κ3) is 3.96. The summed E-state index contributed by atoms with van der Waals surface area (Å²) in [5, 5.41) is 3.55. The molecule has 0 bridgehead atoms. The predicted molar refractivity (Wildman–Crippen MR) is 90.7 cm³/mol. The molecule has 5 nitrogen and oxygen atoms in total. The van der Waals surface area contributed by atoms with Gasteiger partial charge in [-0.2, -0.15) is 0 Å². The third-order valence-electron chi connectivity index (χ3n) is 5.31. The number of rotatable bonds is 5. The van der Waals surface area contributed by atoms with E-state index in [-0.39, 0.29) is 12.6 Å². The van der Waals surface area contributed by atoms with Crippen molar-refractivity contribution in [2.45, 2.75) is 44.8 Å². The minimum atomic E-state index is -0.241. The van der Waals surface area contributed by atoms with Gasteiger partial charge in [-0.25, -0.2) is 4.39 Å². The molecule has 0 unspecified atom stereocenters. The molecule has 1 saturated carbocycles. The second kappa shape index (κ2) is 7.30. The summed E-state index contributed by atoms with van der Waals surface area (Å²) in [7, 11) is 0. The fraction of sp³-hybridized carbons (Fsp3) is 0.632. The Balaban J connectivity index is 1.26. The average molecular weight is 348 g/mol. The average Bonchev–Trinajstić information content (AvgIpc) is 3.47. The van der Waals surface area contributed by atoms with E-state index in [0.717, 1.165) is 68.6 Å². The molecule has 0 spiro atoms. The maximum atomic E-state index is 13.8. The summed E-state index contributed by atoms with van der Waals surface area (Å²) in [5.74, 6) is 1.20. The zero-order valence-electron chi connectivity index (χ0n) is 14.4. The van der Waals surface area contributed by atoms with Gasteiger partial charge in [-0.1, -0.05) is 0 Å². The van der Waals surface area contributed by atoms with Crippen LogP contribution in [0.2, 0.25) is 0 Å². The van der Waals surface area contributed by atoms with Gasteiger partial charge in [0.25, 0.3) is 0 Å². The first-order chi connectivity index (χ1) is 12.2. The summed E-state index contributed by atoms with van der Waals surface area (Å²) in [6, 6.07) is 3.47. The quantitative estimate of drug-likeness (QED) is 0.887. The molecule has 136 valence electrons. The minimum absolute atomic E-state index is 0.229. The summed E-state index contributed by atoms with van der Waals surface area (Å²) in [6.45, 7) is 3.11. The van der Waals surface area contributed by atoms with Crippen molar-refractivity contribution in [3.63, 3.8) is 0 Å². The Bertz CT molecular complexity index is 640. The summed E-state index contributed by atoms with van der Waals surface area (Å²) in [5.41, 5.74) is 1.68. The number of fused-ring (bicyclic) bond motifs is 1. The molecular weight excluding hydrogens is 323 g/mol. The van der Waals surface area contributed by atoms with Gasteiger partial charge in [0.05, 0.1) is 6.61 Å². The van der Waals surface area contributed by atoms with Gasteiger partial charge in [-0.15, -0.1) is 0 Å². The van der Waals surface area contributed by atoms with Gasteiger partial charge < -0.3 is 19.7 Å². The lowest BCUT2D eigenvalue weighted by Crippen LogP contribution is -2.45. The number of ether oxygens (including phenoxy) is 2. The lowest BCUT2D eigenvalue weighted by molar-refractivity contribution is -0.133. The fourth-order valence-corrected chi connectivity index (χ4v) is 3.75. The van der Waals surface area contributed by atoms with Gasteiger partial charge in [0.15, 0.2) is 6.79 Å². The van der Waals surface area contributed by atoms with E-state index in [9.17, 15) is 9.18 Å². The van der Waals surface area contributed by atoms with Crippen LogP contribution in [0.4, 0.5) is 4.39 Å². The molecule has 2 aliphatic heterocycles. The smallest absolute Gasteiger partial charge is 0.225 e. The molecule has 2 heterocycles. The number of piperidine rings is 1. The highest BCUT2D eigenvalue weighted by molar-refractivity contribution is 5.81. The standard InChI is InChI=1S/C19H25FN2O3/c20-16-9-14(18-15(10-16)11-24-12-25-18)3-6-21-17-4-7-22(8-5-17)19(23)13-1-2-13/h9-10,13,17,21H,1-8,11-12H2. The van der Waals surface area contributed by atoms with E-state index in [0.29, 0.717) is 24.5 Å². The number of amides is 1. The lowest BCUT2D eigenvalue weighted by Gasteiger charge is -2.32. The van der Waals surface area contributed by atoms with Crippen LogP contribution in [0.1, 0.15) is 36.8 Å². The first kappa shape index (κ1) is 16.8. The SMILES string of the molecule is O=C(C1CC1)N1CCC(NCCc2cc(F)cc3c2OCOC3)CC1.